The molecule has 114 valence electrons. The first-order valence-corrected chi connectivity index (χ1v) is 8.98. The highest BCUT2D eigenvalue weighted by molar-refractivity contribution is 7.91. The van der Waals surface area contributed by atoms with E-state index in [4.69, 9.17) is 5.11 Å². The van der Waals surface area contributed by atoms with Gasteiger partial charge in [-0.05, 0) is 6.92 Å². The third-order valence-corrected chi connectivity index (χ3v) is 4.78. The van der Waals surface area contributed by atoms with Gasteiger partial charge in [0, 0.05) is 18.5 Å². The van der Waals surface area contributed by atoms with Crippen LogP contribution in [0.2, 0.25) is 0 Å². The molecule has 0 saturated carbocycles. The third kappa shape index (κ3) is 5.27. The molecule has 9 nitrogen and oxygen atoms in total. The van der Waals surface area contributed by atoms with E-state index >= 15 is 0 Å². The first kappa shape index (κ1) is 16.6. The van der Waals surface area contributed by atoms with Crippen LogP contribution in [0, 0.1) is 0 Å². The molecule has 11 heteroatoms. The molecular weight excluding hydrogens is 310 g/mol. The van der Waals surface area contributed by atoms with Gasteiger partial charge in [-0.2, -0.15) is 5.10 Å². The standard InChI is InChI=1S/C9H15N3O6S2/c1-7(6-19(2,15)16)11-20(17,18)8-3-10-12(4-8)5-9(13)14/h3-4,7,11H,5-6H2,1-2H3,(H,13,14). The average molecular weight is 325 g/mol. The van der Waals surface area contributed by atoms with Gasteiger partial charge >= 0.3 is 5.97 Å². The van der Waals surface area contributed by atoms with Crippen LogP contribution in [-0.2, 0) is 31.2 Å². The summed E-state index contributed by atoms with van der Waals surface area (Å²) in [5.41, 5.74) is 0. The molecule has 0 aliphatic carbocycles. The fourth-order valence-electron chi connectivity index (χ4n) is 1.53. The smallest absolute Gasteiger partial charge is 0.325 e. The Morgan fingerprint density at radius 2 is 2.05 bits per heavy atom. The van der Waals surface area contributed by atoms with E-state index in [9.17, 15) is 21.6 Å². The molecule has 0 fully saturated rings. The number of carboxylic acid groups (broad SMARTS) is 1. The zero-order valence-electron chi connectivity index (χ0n) is 10.8. The van der Waals surface area contributed by atoms with Gasteiger partial charge in [0.25, 0.3) is 0 Å². The number of sulfone groups is 1. The van der Waals surface area contributed by atoms with Gasteiger partial charge in [0.15, 0.2) is 0 Å². The summed E-state index contributed by atoms with van der Waals surface area (Å²) in [5.74, 6) is -1.49. The van der Waals surface area contributed by atoms with E-state index < -0.39 is 38.4 Å². The minimum absolute atomic E-state index is 0.223. The molecule has 0 spiro atoms. The summed E-state index contributed by atoms with van der Waals surface area (Å²) >= 11 is 0. The number of carbonyl (C=O) groups is 1. The maximum Gasteiger partial charge on any atom is 0.325 e. The molecule has 20 heavy (non-hydrogen) atoms. The topological polar surface area (TPSA) is 135 Å². The Labute approximate surface area is 116 Å². The highest BCUT2D eigenvalue weighted by atomic mass is 32.2. The summed E-state index contributed by atoms with van der Waals surface area (Å²) in [7, 11) is -7.25. The van der Waals surface area contributed by atoms with E-state index in [1.165, 1.54) is 6.92 Å². The second-order valence-electron chi connectivity index (χ2n) is 4.38. The van der Waals surface area contributed by atoms with Crippen molar-refractivity contribution in [2.24, 2.45) is 0 Å². The summed E-state index contributed by atoms with van der Waals surface area (Å²) in [6, 6.07) is -0.808. The van der Waals surface area contributed by atoms with Crippen molar-refractivity contribution in [1.82, 2.24) is 14.5 Å². The van der Waals surface area contributed by atoms with Crippen LogP contribution in [0.25, 0.3) is 0 Å². The van der Waals surface area contributed by atoms with Gasteiger partial charge in [0.05, 0.1) is 11.9 Å². The predicted molar refractivity (Wildman–Crippen MR) is 69.4 cm³/mol. The van der Waals surface area contributed by atoms with Crippen LogP contribution >= 0.6 is 0 Å². The van der Waals surface area contributed by atoms with Crippen LogP contribution in [0.4, 0.5) is 0 Å². The van der Waals surface area contributed by atoms with Crippen molar-refractivity contribution in [3.63, 3.8) is 0 Å². The molecular formula is C9H15N3O6S2. The van der Waals surface area contributed by atoms with Crippen molar-refractivity contribution in [3.8, 4) is 0 Å². The molecule has 1 aromatic rings. The molecule has 1 atom stereocenters. The SMILES string of the molecule is CC(CS(C)(=O)=O)NS(=O)(=O)c1cnn(CC(=O)O)c1. The van der Waals surface area contributed by atoms with Crippen LogP contribution in [0.5, 0.6) is 0 Å². The third-order valence-electron chi connectivity index (χ3n) is 2.13. The average Bonchev–Trinajstić information content (AvgIpc) is 2.61. The normalized spacial score (nSPS) is 14.1. The zero-order valence-corrected chi connectivity index (χ0v) is 12.5. The quantitative estimate of drug-likeness (QED) is 0.634. The number of hydrogen-bond acceptors (Lipinski definition) is 6. The molecule has 0 aromatic carbocycles. The van der Waals surface area contributed by atoms with Gasteiger partial charge in [-0.3, -0.25) is 9.48 Å². The van der Waals surface area contributed by atoms with Crippen molar-refractivity contribution < 1.29 is 26.7 Å². The van der Waals surface area contributed by atoms with Gasteiger partial charge in [-0.25, -0.2) is 21.6 Å². The molecule has 2 N–H and O–H groups in total. The fraction of sp³-hybridized carbons (Fsp3) is 0.556. The van der Waals surface area contributed by atoms with Crippen LogP contribution < -0.4 is 4.72 Å². The van der Waals surface area contributed by atoms with E-state index in [0.717, 1.165) is 23.3 Å². The molecule has 0 radical (unpaired) electrons. The highest BCUT2D eigenvalue weighted by Crippen LogP contribution is 2.08. The van der Waals surface area contributed by atoms with Gasteiger partial charge < -0.3 is 5.11 Å². The first-order valence-electron chi connectivity index (χ1n) is 5.44. The fourth-order valence-corrected chi connectivity index (χ4v) is 3.82. The van der Waals surface area contributed by atoms with Crippen molar-refractivity contribution in [1.29, 1.82) is 0 Å². The maximum atomic E-state index is 11.9. The van der Waals surface area contributed by atoms with E-state index in [-0.39, 0.29) is 10.6 Å². The second-order valence-corrected chi connectivity index (χ2v) is 8.28. The Balaban J connectivity index is 2.83. The van der Waals surface area contributed by atoms with Crippen LogP contribution in [0.1, 0.15) is 6.92 Å². The molecule has 0 saturated heterocycles. The minimum atomic E-state index is -3.94. The van der Waals surface area contributed by atoms with Crippen molar-refractivity contribution >= 4 is 25.8 Å². The summed E-state index contributed by atoms with van der Waals surface area (Å²) < 4.78 is 49.1. The molecule has 0 amide bonds. The Bertz CT molecular complexity index is 691. The second kappa shape index (κ2) is 5.89. The lowest BCUT2D eigenvalue weighted by atomic mass is 10.4. The lowest BCUT2D eigenvalue weighted by Crippen LogP contribution is -2.37. The summed E-state index contributed by atoms with van der Waals surface area (Å²) in [6.07, 6.45) is 3.06. The van der Waals surface area contributed by atoms with Crippen LogP contribution in [0.3, 0.4) is 0 Å². The number of hydrogen-bond donors (Lipinski definition) is 2. The minimum Gasteiger partial charge on any atom is -0.480 e. The Morgan fingerprint density at radius 3 is 2.55 bits per heavy atom. The lowest BCUT2D eigenvalue weighted by molar-refractivity contribution is -0.137. The molecule has 1 unspecified atom stereocenters. The summed E-state index contributed by atoms with van der Waals surface area (Å²) in [6.45, 7) is 0.953. The summed E-state index contributed by atoms with van der Waals surface area (Å²) in [4.78, 5) is 10.2. The lowest BCUT2D eigenvalue weighted by Gasteiger charge is -2.11. The highest BCUT2D eigenvalue weighted by Gasteiger charge is 2.21. The zero-order chi connectivity index (χ0) is 15.6. The van der Waals surface area contributed by atoms with E-state index in [1.54, 1.807) is 0 Å². The number of nitrogens with one attached hydrogen (secondary N) is 1. The first-order chi connectivity index (χ1) is 8.99. The van der Waals surface area contributed by atoms with Gasteiger partial charge in [-0.15, -0.1) is 0 Å². The Kier molecular flexibility index (Phi) is 4.89. The largest absolute Gasteiger partial charge is 0.480 e. The van der Waals surface area contributed by atoms with Gasteiger partial charge in [0.2, 0.25) is 10.0 Å². The molecule has 0 aliphatic heterocycles. The van der Waals surface area contributed by atoms with E-state index in [1.807, 2.05) is 0 Å². The number of sulfonamides is 1. The van der Waals surface area contributed by atoms with E-state index in [2.05, 4.69) is 9.82 Å². The van der Waals surface area contributed by atoms with Crippen LogP contribution in [-0.4, -0.2) is 55.7 Å². The summed E-state index contributed by atoms with van der Waals surface area (Å²) in [5, 5.41) is 12.2. The van der Waals surface area contributed by atoms with Crippen molar-refractivity contribution in [2.75, 3.05) is 12.0 Å². The molecule has 1 aromatic heterocycles. The predicted octanol–water partition coefficient (Wildman–Crippen LogP) is -1.32. The Morgan fingerprint density at radius 1 is 1.45 bits per heavy atom. The van der Waals surface area contributed by atoms with Crippen molar-refractivity contribution in [3.05, 3.63) is 12.4 Å². The number of aliphatic carboxylic acids is 1. The van der Waals surface area contributed by atoms with Gasteiger partial charge in [-0.1, -0.05) is 0 Å². The number of carboxylic acids is 1. The number of aromatic nitrogens is 2. The maximum absolute atomic E-state index is 11.9. The Hall–Kier alpha value is -1.46. The van der Waals surface area contributed by atoms with Gasteiger partial charge in [0.1, 0.15) is 21.3 Å². The molecule has 1 heterocycles. The number of rotatable bonds is 7. The van der Waals surface area contributed by atoms with E-state index in [0.29, 0.717) is 0 Å². The molecule has 0 aliphatic rings. The molecule has 0 bridgehead atoms. The number of nitrogens with zero attached hydrogens (tertiary/aromatic N) is 2. The monoisotopic (exact) mass is 325 g/mol. The van der Waals surface area contributed by atoms with Crippen molar-refractivity contribution in [2.45, 2.75) is 24.4 Å². The molecule has 1 rings (SSSR count). The van der Waals surface area contributed by atoms with Crippen LogP contribution in [0.15, 0.2) is 17.3 Å².